The Morgan fingerprint density at radius 1 is 0.531 bits per heavy atom. The van der Waals surface area contributed by atoms with Gasteiger partial charge in [0.05, 0.1) is 49.9 Å². The molecule has 6 aliphatic carbocycles. The largest absolute Gasteiger partial charge is 0.490 e. The molecule has 96 heavy (non-hydrogen) atoms. The van der Waals surface area contributed by atoms with Gasteiger partial charge in [0.25, 0.3) is 0 Å². The molecule has 14 rings (SSSR count). The van der Waals surface area contributed by atoms with Gasteiger partial charge in [-0.1, -0.05) is 74.2 Å². The number of carbonyl (C=O) groups excluding carboxylic acids is 4. The Labute approximate surface area is 576 Å². The summed E-state index contributed by atoms with van der Waals surface area (Å²) in [7, 11) is 2.82. The van der Waals surface area contributed by atoms with Gasteiger partial charge in [-0.05, 0) is 244 Å². The quantitative estimate of drug-likeness (QED) is 0.0664. The van der Waals surface area contributed by atoms with Gasteiger partial charge in [-0.3, -0.25) is 9.59 Å². The van der Waals surface area contributed by atoms with Crippen LogP contribution in [-0.2, 0) is 55.6 Å². The summed E-state index contributed by atoms with van der Waals surface area (Å²) in [5.74, 6) is 6.35. The standard InChI is InChI=1S/2C40H46ClN3O4/c2*1-26-27(6-3-7-28(26)22-38-42-18-5-19-43-38)10-15-36(45)33-13-9-31(33)23-44-24-40(17-4-8-29-20-32(41)12-14-34(29)40)25-48-37-16-11-30(21-35(37)44)39(46)47-2/h2*5,10-12,14-16,18-21,26-28,31,33H,3-4,6-9,13,17,22-25H2,1-2H3/b2*15-10+/t26-,27-,28-,31+,33-,40+;26-,27-,28-,31-,33+,40-/m10/s1. The van der Waals surface area contributed by atoms with Gasteiger partial charge in [0.15, 0.2) is 11.6 Å². The maximum Gasteiger partial charge on any atom is 0.337 e. The Morgan fingerprint density at radius 3 is 1.35 bits per heavy atom. The van der Waals surface area contributed by atoms with E-state index in [4.69, 9.17) is 42.1 Å². The first-order valence-electron chi connectivity index (χ1n) is 35.4. The summed E-state index contributed by atoms with van der Waals surface area (Å²) in [6, 6.07) is 27.4. The maximum atomic E-state index is 13.8. The van der Waals surface area contributed by atoms with Crippen molar-refractivity contribution in [1.29, 1.82) is 0 Å². The number of hydrogen-bond acceptors (Lipinski definition) is 14. The molecule has 0 radical (unpaired) electrons. The van der Waals surface area contributed by atoms with Crippen LogP contribution < -0.4 is 19.3 Å². The van der Waals surface area contributed by atoms with Gasteiger partial charge in [-0.15, -0.1) is 0 Å². The molecule has 16 heteroatoms. The van der Waals surface area contributed by atoms with Crippen molar-refractivity contribution in [1.82, 2.24) is 19.9 Å². The molecule has 4 heterocycles. The highest BCUT2D eigenvalue weighted by molar-refractivity contribution is 6.31. The molecule has 504 valence electrons. The van der Waals surface area contributed by atoms with Crippen LogP contribution in [0.4, 0.5) is 11.4 Å². The lowest BCUT2D eigenvalue weighted by atomic mass is 9.68. The van der Waals surface area contributed by atoms with Crippen molar-refractivity contribution < 1.29 is 38.1 Å². The highest BCUT2D eigenvalue weighted by Gasteiger charge is 2.47. The molecule has 14 nitrogen and oxygen atoms in total. The molecule has 2 spiro atoms. The molecule has 0 N–H and O–H groups in total. The number of allylic oxidation sites excluding steroid dienone is 4. The summed E-state index contributed by atoms with van der Waals surface area (Å²) in [6.07, 6.45) is 34.2. The first-order valence-corrected chi connectivity index (χ1v) is 36.2. The Balaban J connectivity index is 0.000000174. The van der Waals surface area contributed by atoms with Crippen LogP contribution >= 0.6 is 23.2 Å². The van der Waals surface area contributed by atoms with E-state index in [-0.39, 0.29) is 58.0 Å². The number of nitrogens with zero attached hydrogens (tertiary/aromatic N) is 6. The molecule has 8 aliphatic rings. The van der Waals surface area contributed by atoms with Gasteiger partial charge < -0.3 is 28.7 Å². The minimum absolute atomic E-state index is 0.00141. The fourth-order valence-corrected chi connectivity index (χ4v) is 18.1. The van der Waals surface area contributed by atoms with E-state index < -0.39 is 0 Å². The van der Waals surface area contributed by atoms with Crippen LogP contribution in [0.25, 0.3) is 0 Å². The number of ketones is 2. The number of methoxy groups -OCH3 is 2. The molecule has 0 bridgehead atoms. The van der Waals surface area contributed by atoms with E-state index in [0.717, 1.165) is 173 Å². The summed E-state index contributed by atoms with van der Waals surface area (Å²) < 4.78 is 23.3. The zero-order chi connectivity index (χ0) is 66.5. The van der Waals surface area contributed by atoms with Crippen molar-refractivity contribution in [3.05, 3.63) is 189 Å². The molecular formula is C80H92Cl2N6O8. The molecule has 6 aromatic rings. The van der Waals surface area contributed by atoms with Crippen molar-refractivity contribution in [2.24, 2.45) is 59.2 Å². The number of rotatable bonds is 16. The van der Waals surface area contributed by atoms with Crippen LogP contribution in [0.5, 0.6) is 11.5 Å². The number of fused-ring (bicyclic) bond motifs is 6. The monoisotopic (exact) mass is 1330 g/mol. The zero-order valence-electron chi connectivity index (χ0n) is 56.2. The van der Waals surface area contributed by atoms with E-state index in [9.17, 15) is 19.2 Å². The first-order chi connectivity index (χ1) is 46.7. The normalized spacial score (nSPS) is 28.1. The molecule has 2 aromatic heterocycles. The van der Waals surface area contributed by atoms with Crippen molar-refractivity contribution in [2.45, 2.75) is 140 Å². The van der Waals surface area contributed by atoms with Crippen LogP contribution in [0, 0.1) is 59.2 Å². The van der Waals surface area contributed by atoms with Crippen molar-refractivity contribution in [2.75, 3.05) is 63.4 Å². The Morgan fingerprint density at radius 2 is 0.958 bits per heavy atom. The summed E-state index contributed by atoms with van der Waals surface area (Å²) >= 11 is 12.9. The third-order valence-corrected chi connectivity index (χ3v) is 24.1. The molecule has 4 aromatic carbocycles. The van der Waals surface area contributed by atoms with Crippen molar-refractivity contribution >= 4 is 58.1 Å². The van der Waals surface area contributed by atoms with Crippen LogP contribution in [0.3, 0.4) is 0 Å². The van der Waals surface area contributed by atoms with Gasteiger partial charge in [0, 0.05) is 96.5 Å². The van der Waals surface area contributed by atoms with Crippen LogP contribution in [0.15, 0.2) is 134 Å². The lowest BCUT2D eigenvalue weighted by Crippen LogP contribution is -2.49. The molecular weight excluding hydrogens is 1240 g/mol. The highest BCUT2D eigenvalue weighted by Crippen LogP contribution is 2.50. The molecule has 4 saturated carbocycles. The summed E-state index contributed by atoms with van der Waals surface area (Å²) in [4.78, 5) is 75.4. The third-order valence-electron chi connectivity index (χ3n) is 23.6. The second-order valence-corrected chi connectivity index (χ2v) is 30.0. The Kier molecular flexibility index (Phi) is 20.8. The molecule has 0 unspecified atom stereocenters. The second-order valence-electron chi connectivity index (χ2n) is 29.1. The van der Waals surface area contributed by atoms with Crippen LogP contribution in [0.1, 0.15) is 158 Å². The zero-order valence-corrected chi connectivity index (χ0v) is 57.7. The number of esters is 2. The summed E-state index contributed by atoms with van der Waals surface area (Å²) in [5.41, 5.74) is 7.53. The second kappa shape index (κ2) is 29.7. The van der Waals surface area contributed by atoms with Crippen molar-refractivity contribution in [3.63, 3.8) is 0 Å². The Bertz CT molecular complexity index is 3600. The van der Waals surface area contributed by atoms with Crippen molar-refractivity contribution in [3.8, 4) is 11.5 Å². The minimum Gasteiger partial charge on any atom is -0.490 e. The molecule has 2 aliphatic heterocycles. The number of aryl methyl sites for hydroxylation is 2. The number of hydrogen-bond donors (Lipinski definition) is 0. The van der Waals surface area contributed by atoms with E-state index in [1.165, 1.54) is 49.3 Å². The number of aromatic nitrogens is 4. The van der Waals surface area contributed by atoms with E-state index in [1.807, 2.05) is 85.5 Å². The number of ether oxygens (including phenoxy) is 4. The highest BCUT2D eigenvalue weighted by atomic mass is 35.5. The van der Waals surface area contributed by atoms with Gasteiger partial charge in [0.2, 0.25) is 0 Å². The molecule has 0 saturated heterocycles. The van der Waals surface area contributed by atoms with Gasteiger partial charge in [-0.2, -0.15) is 0 Å². The number of benzene rings is 4. The molecule has 12 atom stereocenters. The predicted octanol–water partition coefficient (Wildman–Crippen LogP) is 15.7. The lowest BCUT2D eigenvalue weighted by molar-refractivity contribution is -0.123. The van der Waals surface area contributed by atoms with E-state index in [2.05, 4.69) is 80.0 Å². The Hall–Kier alpha value is -7.42. The average molecular weight is 1340 g/mol. The fourth-order valence-electron chi connectivity index (χ4n) is 17.7. The summed E-state index contributed by atoms with van der Waals surface area (Å²) in [5, 5.41) is 1.52. The smallest absolute Gasteiger partial charge is 0.337 e. The van der Waals surface area contributed by atoms with E-state index in [0.29, 0.717) is 59.8 Å². The van der Waals surface area contributed by atoms with E-state index in [1.54, 1.807) is 12.1 Å². The minimum atomic E-state index is -0.369. The van der Waals surface area contributed by atoms with Crippen LogP contribution in [-0.4, -0.2) is 97.1 Å². The molecule has 4 fully saturated rings. The fraction of sp³-hybridized carbons (Fsp3) is 0.500. The van der Waals surface area contributed by atoms with Gasteiger partial charge in [0.1, 0.15) is 23.1 Å². The topological polar surface area (TPSA) is 163 Å². The number of carbonyl (C=O) groups is 4. The van der Waals surface area contributed by atoms with Gasteiger partial charge >= 0.3 is 11.9 Å². The number of anilines is 2. The predicted molar refractivity (Wildman–Crippen MR) is 375 cm³/mol. The SMILES string of the molecule is COC(=O)c1ccc2c(c1)N(C[C@@H]1CC[C@H]1C(=O)/C=C/[C@@H]1CCC[C@@H](Cc3ncccn3)[C@H]1C)C[C@@]1(CCCc3cc(Cl)ccc31)CO2.COC(=O)c1ccc2c(c1)N(C[C@@H]1CC[C@H]1C(=O)/C=C/[C@H]1CCC[C@H](Cc3ncccn3)[C@@H]1C)C[C@@]1(CCCc3cc(Cl)ccc31)CO2. The average Bonchev–Trinajstić information content (AvgIpc) is 1.49. The first kappa shape index (κ1) is 67.2. The number of halogens is 2. The summed E-state index contributed by atoms with van der Waals surface area (Å²) in [6.45, 7) is 8.71. The maximum absolute atomic E-state index is 13.8. The lowest BCUT2D eigenvalue weighted by Gasteiger charge is -2.44. The van der Waals surface area contributed by atoms with E-state index >= 15 is 0 Å². The third kappa shape index (κ3) is 14.6. The van der Waals surface area contributed by atoms with Crippen LogP contribution in [0.2, 0.25) is 10.0 Å². The van der Waals surface area contributed by atoms with Gasteiger partial charge in [-0.25, -0.2) is 29.5 Å². The molecule has 0 amide bonds.